The van der Waals surface area contributed by atoms with Crippen LogP contribution in [0.25, 0.3) is 0 Å². The zero-order valence-electron chi connectivity index (χ0n) is 11.9. The summed E-state index contributed by atoms with van der Waals surface area (Å²) in [6, 6.07) is 5.05. The first-order chi connectivity index (χ1) is 9.70. The lowest BCUT2D eigenvalue weighted by Gasteiger charge is -2.09. The number of hydrogen-bond acceptors (Lipinski definition) is 3. The molecule has 0 aliphatic carbocycles. The van der Waals surface area contributed by atoms with Gasteiger partial charge in [-0.15, -0.1) is 0 Å². The highest BCUT2D eigenvalue weighted by molar-refractivity contribution is 5.29. The molecule has 0 bridgehead atoms. The predicted octanol–water partition coefficient (Wildman–Crippen LogP) is 2.64. The Balaban J connectivity index is 1.94. The van der Waals surface area contributed by atoms with E-state index in [1.165, 1.54) is 6.07 Å². The number of halogens is 1. The van der Waals surface area contributed by atoms with Crippen molar-refractivity contribution in [2.45, 2.75) is 26.5 Å². The molecule has 0 atom stereocenters. The zero-order chi connectivity index (χ0) is 14.4. The summed E-state index contributed by atoms with van der Waals surface area (Å²) < 4.78 is 21.2. The SMILES string of the molecule is CCCNCc1ccc(OCc2nccn2C)c(F)c1. The number of nitrogens with zero attached hydrogens (tertiary/aromatic N) is 2. The summed E-state index contributed by atoms with van der Waals surface area (Å²) in [5, 5.41) is 3.24. The lowest BCUT2D eigenvalue weighted by atomic mass is 10.2. The van der Waals surface area contributed by atoms with Crippen LogP contribution in [-0.2, 0) is 20.2 Å². The monoisotopic (exact) mass is 277 g/mol. The van der Waals surface area contributed by atoms with Gasteiger partial charge < -0.3 is 14.6 Å². The molecule has 0 fully saturated rings. The highest BCUT2D eigenvalue weighted by atomic mass is 19.1. The van der Waals surface area contributed by atoms with Gasteiger partial charge in [-0.25, -0.2) is 9.37 Å². The van der Waals surface area contributed by atoms with Crippen LogP contribution in [0.1, 0.15) is 24.7 Å². The molecule has 1 aromatic carbocycles. The van der Waals surface area contributed by atoms with E-state index in [2.05, 4.69) is 17.2 Å². The lowest BCUT2D eigenvalue weighted by Crippen LogP contribution is -2.14. The highest BCUT2D eigenvalue weighted by Gasteiger charge is 2.07. The summed E-state index contributed by atoms with van der Waals surface area (Å²) >= 11 is 0. The van der Waals surface area contributed by atoms with Crippen LogP contribution in [0.5, 0.6) is 5.75 Å². The molecule has 0 aliphatic heterocycles. The highest BCUT2D eigenvalue weighted by Crippen LogP contribution is 2.19. The standard InChI is InChI=1S/C15H20FN3O/c1-3-6-17-10-12-4-5-14(13(16)9-12)20-11-15-18-7-8-19(15)2/h4-5,7-9,17H,3,6,10-11H2,1-2H3. The third-order valence-corrected chi connectivity index (χ3v) is 3.03. The van der Waals surface area contributed by atoms with Gasteiger partial charge in [0.25, 0.3) is 0 Å². The molecule has 1 heterocycles. The molecule has 0 saturated heterocycles. The summed E-state index contributed by atoms with van der Waals surface area (Å²) in [6.07, 6.45) is 4.59. The molecule has 1 aromatic heterocycles. The van der Waals surface area contributed by atoms with Crippen LogP contribution in [-0.4, -0.2) is 16.1 Å². The molecule has 0 aliphatic rings. The molecule has 1 N–H and O–H groups in total. The Labute approximate surface area is 118 Å². The van der Waals surface area contributed by atoms with E-state index in [1.54, 1.807) is 12.3 Å². The van der Waals surface area contributed by atoms with Gasteiger partial charge in [-0.2, -0.15) is 0 Å². The van der Waals surface area contributed by atoms with Gasteiger partial charge in [-0.1, -0.05) is 13.0 Å². The Kier molecular flexibility index (Phi) is 5.12. The third-order valence-electron chi connectivity index (χ3n) is 3.03. The molecule has 5 heteroatoms. The molecule has 0 radical (unpaired) electrons. The molecule has 2 rings (SSSR count). The predicted molar refractivity (Wildman–Crippen MR) is 75.9 cm³/mol. The Morgan fingerprint density at radius 1 is 1.40 bits per heavy atom. The average molecular weight is 277 g/mol. The maximum Gasteiger partial charge on any atom is 0.165 e. The average Bonchev–Trinajstić information content (AvgIpc) is 2.84. The molecule has 20 heavy (non-hydrogen) atoms. The number of aromatic nitrogens is 2. The number of hydrogen-bond donors (Lipinski definition) is 1. The fourth-order valence-corrected chi connectivity index (χ4v) is 1.86. The van der Waals surface area contributed by atoms with Gasteiger partial charge in [0.1, 0.15) is 12.4 Å². The quantitative estimate of drug-likeness (QED) is 0.791. The van der Waals surface area contributed by atoms with Gasteiger partial charge in [-0.3, -0.25) is 0 Å². The largest absolute Gasteiger partial charge is 0.483 e. The summed E-state index contributed by atoms with van der Waals surface area (Å²) in [7, 11) is 1.88. The van der Waals surface area contributed by atoms with Crippen LogP contribution >= 0.6 is 0 Å². The minimum absolute atomic E-state index is 0.257. The van der Waals surface area contributed by atoms with E-state index in [4.69, 9.17) is 4.74 Å². The van der Waals surface area contributed by atoms with Gasteiger partial charge in [0, 0.05) is 26.0 Å². The van der Waals surface area contributed by atoms with Crippen LogP contribution in [0.2, 0.25) is 0 Å². The number of rotatable bonds is 7. The number of ether oxygens (including phenoxy) is 1. The fourth-order valence-electron chi connectivity index (χ4n) is 1.86. The Morgan fingerprint density at radius 2 is 2.25 bits per heavy atom. The third kappa shape index (κ3) is 3.81. The first-order valence-corrected chi connectivity index (χ1v) is 6.79. The Bertz CT molecular complexity index is 554. The number of imidazole rings is 1. The maximum absolute atomic E-state index is 13.9. The summed E-state index contributed by atoms with van der Waals surface area (Å²) in [4.78, 5) is 4.13. The maximum atomic E-state index is 13.9. The first kappa shape index (κ1) is 14.5. The smallest absolute Gasteiger partial charge is 0.165 e. The molecule has 0 saturated carbocycles. The van der Waals surface area contributed by atoms with Crippen molar-refractivity contribution in [3.05, 3.63) is 47.8 Å². The van der Waals surface area contributed by atoms with Crippen molar-refractivity contribution in [2.75, 3.05) is 6.54 Å². The molecular formula is C15H20FN3O. The minimum Gasteiger partial charge on any atom is -0.483 e. The topological polar surface area (TPSA) is 39.1 Å². The summed E-state index contributed by atoms with van der Waals surface area (Å²) in [5.41, 5.74) is 0.917. The molecule has 4 nitrogen and oxygen atoms in total. The van der Waals surface area contributed by atoms with E-state index in [9.17, 15) is 4.39 Å². The second-order valence-corrected chi connectivity index (χ2v) is 4.68. The first-order valence-electron chi connectivity index (χ1n) is 6.79. The van der Waals surface area contributed by atoms with Crippen molar-refractivity contribution in [1.29, 1.82) is 0 Å². The van der Waals surface area contributed by atoms with Gasteiger partial charge in [0.05, 0.1) is 0 Å². The second-order valence-electron chi connectivity index (χ2n) is 4.68. The number of aryl methyl sites for hydroxylation is 1. The molecule has 2 aromatic rings. The number of benzene rings is 1. The fraction of sp³-hybridized carbons (Fsp3) is 0.400. The van der Waals surface area contributed by atoms with Crippen LogP contribution in [0.4, 0.5) is 4.39 Å². The molecular weight excluding hydrogens is 257 g/mol. The van der Waals surface area contributed by atoms with E-state index < -0.39 is 0 Å². The van der Waals surface area contributed by atoms with Crippen molar-refractivity contribution >= 4 is 0 Å². The van der Waals surface area contributed by atoms with Crippen molar-refractivity contribution < 1.29 is 9.13 Å². The lowest BCUT2D eigenvalue weighted by molar-refractivity contribution is 0.277. The minimum atomic E-state index is -0.338. The van der Waals surface area contributed by atoms with Crippen molar-refractivity contribution in [3.63, 3.8) is 0 Å². The number of nitrogens with one attached hydrogen (secondary N) is 1. The normalized spacial score (nSPS) is 10.8. The van der Waals surface area contributed by atoms with Gasteiger partial charge in [-0.05, 0) is 30.7 Å². The molecule has 0 unspecified atom stereocenters. The van der Waals surface area contributed by atoms with Crippen LogP contribution in [0, 0.1) is 5.82 Å². The van der Waals surface area contributed by atoms with Crippen LogP contribution in [0.3, 0.4) is 0 Å². The summed E-state index contributed by atoms with van der Waals surface area (Å²) in [6.45, 7) is 3.96. The van der Waals surface area contributed by atoms with Crippen LogP contribution in [0.15, 0.2) is 30.6 Å². The van der Waals surface area contributed by atoms with E-state index in [0.29, 0.717) is 6.54 Å². The van der Waals surface area contributed by atoms with E-state index in [1.807, 2.05) is 23.9 Å². The Hall–Kier alpha value is -1.88. The molecule has 108 valence electrons. The van der Waals surface area contributed by atoms with Crippen molar-refractivity contribution in [3.8, 4) is 5.75 Å². The van der Waals surface area contributed by atoms with Crippen molar-refractivity contribution in [2.24, 2.45) is 7.05 Å². The van der Waals surface area contributed by atoms with E-state index in [-0.39, 0.29) is 18.2 Å². The van der Waals surface area contributed by atoms with Gasteiger partial charge in [0.2, 0.25) is 0 Å². The summed E-state index contributed by atoms with van der Waals surface area (Å²) in [5.74, 6) is 0.681. The van der Waals surface area contributed by atoms with Crippen LogP contribution < -0.4 is 10.1 Å². The second kappa shape index (κ2) is 7.05. The zero-order valence-corrected chi connectivity index (χ0v) is 11.9. The Morgan fingerprint density at radius 3 is 2.90 bits per heavy atom. The van der Waals surface area contributed by atoms with E-state index in [0.717, 1.165) is 24.4 Å². The van der Waals surface area contributed by atoms with E-state index >= 15 is 0 Å². The van der Waals surface area contributed by atoms with Gasteiger partial charge in [0.15, 0.2) is 11.6 Å². The molecule has 0 spiro atoms. The molecule has 0 amide bonds. The van der Waals surface area contributed by atoms with Crippen molar-refractivity contribution in [1.82, 2.24) is 14.9 Å². The van der Waals surface area contributed by atoms with Gasteiger partial charge >= 0.3 is 0 Å².